The van der Waals surface area contributed by atoms with Gasteiger partial charge in [0.2, 0.25) is 11.9 Å². The van der Waals surface area contributed by atoms with Crippen LogP contribution in [0.3, 0.4) is 0 Å². The van der Waals surface area contributed by atoms with Crippen molar-refractivity contribution in [3.8, 4) is 0 Å². The number of hydrogen-bond donors (Lipinski definition) is 2. The van der Waals surface area contributed by atoms with Crippen molar-refractivity contribution < 1.29 is 0 Å². The smallest absolute Gasteiger partial charge is 0.233 e. The number of piperidine rings is 1. The lowest BCUT2D eigenvalue weighted by molar-refractivity contribution is 0.211. The highest BCUT2D eigenvalue weighted by molar-refractivity contribution is 5.84. The van der Waals surface area contributed by atoms with Gasteiger partial charge in [-0.3, -0.25) is 10.2 Å². The second-order valence-electron chi connectivity index (χ2n) is 8.69. The maximum absolute atomic E-state index is 4.75. The first-order valence-electron chi connectivity index (χ1n) is 11.5. The van der Waals surface area contributed by atoms with E-state index in [1.807, 2.05) is 6.33 Å². The van der Waals surface area contributed by atoms with Crippen LogP contribution in [0.25, 0.3) is 11.2 Å². The molecule has 1 aliphatic rings. The van der Waals surface area contributed by atoms with Crippen LogP contribution in [0.2, 0.25) is 0 Å². The normalized spacial score (nSPS) is 15.2. The van der Waals surface area contributed by atoms with Crippen LogP contribution in [0, 0.1) is 0 Å². The molecule has 0 unspecified atom stereocenters. The van der Waals surface area contributed by atoms with Crippen LogP contribution in [-0.2, 0) is 6.54 Å². The average Bonchev–Trinajstić information content (AvgIpc) is 3.26. The van der Waals surface area contributed by atoms with E-state index in [0.29, 0.717) is 17.9 Å². The minimum atomic E-state index is 0.236. The molecule has 0 bridgehead atoms. The topological polar surface area (TPSA) is 96.7 Å². The Balaban J connectivity index is 1.34. The van der Waals surface area contributed by atoms with Gasteiger partial charge in [0, 0.05) is 44.1 Å². The molecule has 1 aromatic carbocycles. The molecule has 0 radical (unpaired) electrons. The number of imidazole rings is 1. The lowest BCUT2D eigenvalue weighted by atomic mass is 10.0. The number of anilines is 3. The summed E-state index contributed by atoms with van der Waals surface area (Å²) in [6.07, 6.45) is 7.31. The van der Waals surface area contributed by atoms with Gasteiger partial charge in [-0.05, 0) is 38.3 Å². The van der Waals surface area contributed by atoms with Crippen molar-refractivity contribution in [2.75, 3.05) is 23.7 Å². The molecule has 0 aliphatic carbocycles. The summed E-state index contributed by atoms with van der Waals surface area (Å²) in [7, 11) is 0. The number of fused-ring (bicyclic) bond motifs is 1. The SMILES string of the molecule is CC(C)n1cnc2c(NC3CCN(Cc4ccccc4)CC3)nc(Nc3ncccn3)nc21. The van der Waals surface area contributed by atoms with Crippen LogP contribution in [0.1, 0.15) is 38.3 Å². The van der Waals surface area contributed by atoms with Crippen LogP contribution in [0.4, 0.5) is 17.7 Å². The number of likely N-dealkylation sites (tertiary alicyclic amines) is 1. The van der Waals surface area contributed by atoms with Crippen LogP contribution in [0.15, 0.2) is 55.1 Å². The molecule has 0 amide bonds. The molecule has 1 saturated heterocycles. The number of aromatic nitrogens is 6. The quantitative estimate of drug-likeness (QED) is 0.442. The Hall–Kier alpha value is -3.59. The summed E-state index contributed by atoms with van der Waals surface area (Å²) in [5.41, 5.74) is 2.94. The van der Waals surface area contributed by atoms with Gasteiger partial charge in [0.1, 0.15) is 0 Å². The Kier molecular flexibility index (Phi) is 6.12. The highest BCUT2D eigenvalue weighted by atomic mass is 15.3. The van der Waals surface area contributed by atoms with Gasteiger partial charge in [-0.15, -0.1) is 0 Å². The van der Waals surface area contributed by atoms with Crippen molar-refractivity contribution >= 4 is 28.9 Å². The Morgan fingerprint density at radius 3 is 2.42 bits per heavy atom. The van der Waals surface area contributed by atoms with Crippen molar-refractivity contribution in [1.82, 2.24) is 34.4 Å². The maximum Gasteiger partial charge on any atom is 0.233 e. The van der Waals surface area contributed by atoms with E-state index in [1.165, 1.54) is 5.56 Å². The molecular formula is C24H29N9. The number of benzene rings is 1. The molecule has 1 aliphatic heterocycles. The van der Waals surface area contributed by atoms with Crippen molar-refractivity contribution in [3.05, 3.63) is 60.7 Å². The van der Waals surface area contributed by atoms with Gasteiger partial charge in [0.05, 0.1) is 6.33 Å². The zero-order chi connectivity index (χ0) is 22.6. The Labute approximate surface area is 193 Å². The number of nitrogens with one attached hydrogen (secondary N) is 2. The first-order valence-corrected chi connectivity index (χ1v) is 11.5. The van der Waals surface area contributed by atoms with Crippen molar-refractivity contribution in [3.63, 3.8) is 0 Å². The molecule has 9 nitrogen and oxygen atoms in total. The number of rotatable bonds is 7. The van der Waals surface area contributed by atoms with Crippen LogP contribution >= 0.6 is 0 Å². The van der Waals surface area contributed by atoms with E-state index < -0.39 is 0 Å². The third kappa shape index (κ3) is 4.93. The van der Waals surface area contributed by atoms with Gasteiger partial charge in [-0.1, -0.05) is 30.3 Å². The molecule has 170 valence electrons. The largest absolute Gasteiger partial charge is 0.365 e. The average molecular weight is 444 g/mol. The predicted octanol–water partition coefficient (Wildman–Crippen LogP) is 4.02. The molecular weight excluding hydrogens is 414 g/mol. The Morgan fingerprint density at radius 1 is 0.939 bits per heavy atom. The summed E-state index contributed by atoms with van der Waals surface area (Å²) in [5.74, 6) is 1.67. The monoisotopic (exact) mass is 443 g/mol. The summed E-state index contributed by atoms with van der Waals surface area (Å²) in [5, 5.41) is 6.78. The molecule has 1 fully saturated rings. The van der Waals surface area contributed by atoms with Crippen molar-refractivity contribution in [1.29, 1.82) is 0 Å². The van der Waals surface area contributed by atoms with Gasteiger partial charge < -0.3 is 9.88 Å². The van der Waals surface area contributed by atoms with E-state index in [2.05, 4.69) is 79.2 Å². The molecule has 0 atom stereocenters. The number of nitrogens with zero attached hydrogens (tertiary/aromatic N) is 7. The third-order valence-corrected chi connectivity index (χ3v) is 5.94. The predicted molar refractivity (Wildman–Crippen MR) is 129 cm³/mol. The van der Waals surface area contributed by atoms with E-state index >= 15 is 0 Å². The van der Waals surface area contributed by atoms with Gasteiger partial charge in [0.15, 0.2) is 17.0 Å². The maximum atomic E-state index is 4.75. The fourth-order valence-electron chi connectivity index (χ4n) is 4.18. The molecule has 9 heteroatoms. The van der Waals surface area contributed by atoms with Gasteiger partial charge >= 0.3 is 0 Å². The fourth-order valence-corrected chi connectivity index (χ4v) is 4.18. The molecule has 4 aromatic rings. The minimum absolute atomic E-state index is 0.236. The second kappa shape index (κ2) is 9.50. The Bertz CT molecular complexity index is 1180. The Morgan fingerprint density at radius 2 is 1.70 bits per heavy atom. The van der Waals surface area contributed by atoms with Gasteiger partial charge in [-0.2, -0.15) is 9.97 Å². The summed E-state index contributed by atoms with van der Waals surface area (Å²) in [4.78, 5) is 25.1. The standard InChI is InChI=1S/C24H29N9/c1-17(2)33-16-27-20-21(29-24(30-22(20)33)31-23-25-11-6-12-26-23)28-19-9-13-32(14-10-19)15-18-7-4-3-5-8-18/h3-8,11-12,16-17,19H,9-10,13-15H2,1-2H3,(H2,25,26,28,29,30,31). The summed E-state index contributed by atoms with van der Waals surface area (Å²) < 4.78 is 2.06. The summed E-state index contributed by atoms with van der Waals surface area (Å²) in [6.45, 7) is 7.32. The van der Waals surface area contributed by atoms with E-state index in [-0.39, 0.29) is 6.04 Å². The van der Waals surface area contributed by atoms with Crippen LogP contribution in [0.5, 0.6) is 0 Å². The lowest BCUT2D eigenvalue weighted by Crippen LogP contribution is -2.38. The van der Waals surface area contributed by atoms with Gasteiger partial charge in [0.25, 0.3) is 0 Å². The summed E-state index contributed by atoms with van der Waals surface area (Å²) in [6, 6.07) is 13.0. The molecule has 0 saturated carbocycles. The summed E-state index contributed by atoms with van der Waals surface area (Å²) >= 11 is 0. The molecule has 3 aromatic heterocycles. The third-order valence-electron chi connectivity index (χ3n) is 5.94. The molecule has 33 heavy (non-hydrogen) atoms. The second-order valence-corrected chi connectivity index (χ2v) is 8.69. The first kappa shape index (κ1) is 21.3. The minimum Gasteiger partial charge on any atom is -0.365 e. The molecule has 4 heterocycles. The van der Waals surface area contributed by atoms with Crippen LogP contribution in [-0.4, -0.2) is 53.5 Å². The number of hydrogen-bond acceptors (Lipinski definition) is 8. The van der Waals surface area contributed by atoms with Crippen LogP contribution < -0.4 is 10.6 Å². The van der Waals surface area contributed by atoms with E-state index in [0.717, 1.165) is 49.5 Å². The fraction of sp³-hybridized carbons (Fsp3) is 0.375. The van der Waals surface area contributed by atoms with E-state index in [1.54, 1.807) is 18.5 Å². The van der Waals surface area contributed by atoms with E-state index in [4.69, 9.17) is 9.97 Å². The van der Waals surface area contributed by atoms with Crippen molar-refractivity contribution in [2.45, 2.75) is 45.3 Å². The highest BCUT2D eigenvalue weighted by Crippen LogP contribution is 2.26. The zero-order valence-electron chi connectivity index (χ0n) is 19.0. The molecule has 2 N–H and O–H groups in total. The molecule has 0 spiro atoms. The van der Waals surface area contributed by atoms with Crippen molar-refractivity contribution in [2.24, 2.45) is 0 Å². The first-order chi connectivity index (χ1) is 16.2. The lowest BCUT2D eigenvalue weighted by Gasteiger charge is -2.32. The van der Waals surface area contributed by atoms with Gasteiger partial charge in [-0.25, -0.2) is 15.0 Å². The van der Waals surface area contributed by atoms with E-state index in [9.17, 15) is 0 Å². The zero-order valence-corrected chi connectivity index (χ0v) is 19.0. The molecule has 5 rings (SSSR count). The highest BCUT2D eigenvalue weighted by Gasteiger charge is 2.22.